The van der Waals surface area contributed by atoms with Crippen molar-refractivity contribution >= 4 is 17.8 Å². The van der Waals surface area contributed by atoms with Gasteiger partial charge < -0.3 is 19.9 Å². The number of phenols is 1. The van der Waals surface area contributed by atoms with Crippen LogP contribution in [0.15, 0.2) is 47.6 Å². The van der Waals surface area contributed by atoms with Gasteiger partial charge >= 0.3 is 0 Å². The van der Waals surface area contributed by atoms with Crippen molar-refractivity contribution in [3.63, 3.8) is 0 Å². The Balaban J connectivity index is 1.90. The van der Waals surface area contributed by atoms with Crippen LogP contribution in [-0.2, 0) is 4.79 Å². The van der Waals surface area contributed by atoms with Crippen molar-refractivity contribution < 1.29 is 19.4 Å². The van der Waals surface area contributed by atoms with Gasteiger partial charge in [0, 0.05) is 11.3 Å². The molecule has 0 bridgehead atoms. The summed E-state index contributed by atoms with van der Waals surface area (Å²) >= 11 is 0. The molecule has 0 aliphatic carbocycles. The number of hydrogen-bond acceptors (Lipinski definition) is 6. The lowest BCUT2D eigenvalue weighted by molar-refractivity contribution is -0.121. The van der Waals surface area contributed by atoms with Crippen LogP contribution < -0.4 is 20.2 Å². The summed E-state index contributed by atoms with van der Waals surface area (Å²) in [5.41, 5.74) is 3.68. The SMILES string of the molecule is CCOc1ccc(N[C@@H](C)C(=O)N/N=C\c2cccc(OC)c2O)cc1. The summed E-state index contributed by atoms with van der Waals surface area (Å²) in [5.74, 6) is 0.773. The Bertz CT molecular complexity index is 760. The van der Waals surface area contributed by atoms with E-state index in [0.29, 0.717) is 17.9 Å². The number of aromatic hydroxyl groups is 1. The quantitative estimate of drug-likeness (QED) is 0.499. The third kappa shape index (κ3) is 5.14. The van der Waals surface area contributed by atoms with Crippen LogP contribution in [0, 0.1) is 0 Å². The van der Waals surface area contributed by atoms with E-state index in [9.17, 15) is 9.90 Å². The number of nitrogens with one attached hydrogen (secondary N) is 2. The molecule has 0 saturated heterocycles. The number of para-hydroxylation sites is 1. The van der Waals surface area contributed by atoms with E-state index in [2.05, 4.69) is 15.8 Å². The summed E-state index contributed by atoms with van der Waals surface area (Å²) in [4.78, 5) is 12.1. The summed E-state index contributed by atoms with van der Waals surface area (Å²) in [5, 5.41) is 16.9. The van der Waals surface area contributed by atoms with Crippen LogP contribution in [0.5, 0.6) is 17.2 Å². The zero-order valence-corrected chi connectivity index (χ0v) is 15.0. The van der Waals surface area contributed by atoms with Crippen molar-refractivity contribution in [1.29, 1.82) is 0 Å². The number of hydrazone groups is 1. The van der Waals surface area contributed by atoms with E-state index in [1.165, 1.54) is 13.3 Å². The highest BCUT2D eigenvalue weighted by atomic mass is 16.5. The first-order valence-corrected chi connectivity index (χ1v) is 8.23. The molecule has 0 heterocycles. The zero-order valence-electron chi connectivity index (χ0n) is 15.0. The van der Waals surface area contributed by atoms with Gasteiger partial charge in [-0.25, -0.2) is 5.43 Å². The monoisotopic (exact) mass is 357 g/mol. The second-order valence-electron chi connectivity index (χ2n) is 5.46. The Labute approximate surface area is 152 Å². The van der Waals surface area contributed by atoms with Crippen LogP contribution in [0.3, 0.4) is 0 Å². The molecular formula is C19H23N3O4. The normalized spacial score (nSPS) is 11.8. The van der Waals surface area contributed by atoms with Gasteiger partial charge in [-0.2, -0.15) is 5.10 Å². The topological polar surface area (TPSA) is 92.2 Å². The van der Waals surface area contributed by atoms with Gasteiger partial charge in [-0.15, -0.1) is 0 Å². The van der Waals surface area contributed by atoms with E-state index in [1.807, 2.05) is 31.2 Å². The average Bonchev–Trinajstić information content (AvgIpc) is 2.64. The number of amides is 1. The minimum atomic E-state index is -0.496. The highest BCUT2D eigenvalue weighted by Crippen LogP contribution is 2.27. The highest BCUT2D eigenvalue weighted by Gasteiger charge is 2.12. The molecule has 2 rings (SSSR count). The van der Waals surface area contributed by atoms with Gasteiger partial charge in [-0.1, -0.05) is 6.07 Å². The minimum absolute atomic E-state index is 0.0337. The number of anilines is 1. The van der Waals surface area contributed by atoms with Crippen molar-refractivity contribution in [2.45, 2.75) is 19.9 Å². The fraction of sp³-hybridized carbons (Fsp3) is 0.263. The third-order valence-corrected chi connectivity index (χ3v) is 3.57. The second-order valence-corrected chi connectivity index (χ2v) is 5.46. The zero-order chi connectivity index (χ0) is 18.9. The van der Waals surface area contributed by atoms with E-state index < -0.39 is 6.04 Å². The molecule has 3 N–H and O–H groups in total. The van der Waals surface area contributed by atoms with Gasteiger partial charge in [-0.3, -0.25) is 4.79 Å². The molecule has 26 heavy (non-hydrogen) atoms. The van der Waals surface area contributed by atoms with Gasteiger partial charge in [-0.05, 0) is 50.2 Å². The van der Waals surface area contributed by atoms with E-state index in [0.717, 1.165) is 11.4 Å². The summed E-state index contributed by atoms with van der Waals surface area (Å²) in [6, 6.07) is 11.9. The van der Waals surface area contributed by atoms with Gasteiger partial charge in [0.25, 0.3) is 5.91 Å². The maximum absolute atomic E-state index is 12.1. The molecule has 0 spiro atoms. The van der Waals surface area contributed by atoms with Gasteiger partial charge in [0.2, 0.25) is 0 Å². The Morgan fingerprint density at radius 2 is 2.00 bits per heavy atom. The smallest absolute Gasteiger partial charge is 0.262 e. The van der Waals surface area contributed by atoms with E-state index in [-0.39, 0.29) is 11.7 Å². The predicted molar refractivity (Wildman–Crippen MR) is 101 cm³/mol. The van der Waals surface area contributed by atoms with E-state index in [1.54, 1.807) is 25.1 Å². The van der Waals surface area contributed by atoms with Crippen LogP contribution >= 0.6 is 0 Å². The van der Waals surface area contributed by atoms with Crippen LogP contribution in [0.25, 0.3) is 0 Å². The molecule has 1 atom stereocenters. The number of carbonyl (C=O) groups excluding carboxylic acids is 1. The largest absolute Gasteiger partial charge is 0.504 e. The Morgan fingerprint density at radius 3 is 2.65 bits per heavy atom. The summed E-state index contributed by atoms with van der Waals surface area (Å²) < 4.78 is 10.4. The van der Waals surface area contributed by atoms with Crippen molar-refractivity contribution in [3.05, 3.63) is 48.0 Å². The van der Waals surface area contributed by atoms with Gasteiger partial charge in [0.05, 0.1) is 19.9 Å². The third-order valence-electron chi connectivity index (χ3n) is 3.57. The number of carbonyl (C=O) groups is 1. The van der Waals surface area contributed by atoms with Crippen molar-refractivity contribution in [2.24, 2.45) is 5.10 Å². The Kier molecular flexibility index (Phi) is 6.84. The number of ether oxygens (including phenoxy) is 2. The molecule has 138 valence electrons. The molecule has 0 aromatic heterocycles. The molecule has 0 unspecified atom stereocenters. The van der Waals surface area contributed by atoms with Crippen LogP contribution in [0.4, 0.5) is 5.69 Å². The van der Waals surface area contributed by atoms with E-state index in [4.69, 9.17) is 9.47 Å². The highest BCUT2D eigenvalue weighted by molar-refractivity contribution is 5.88. The Morgan fingerprint density at radius 1 is 1.27 bits per heavy atom. The van der Waals surface area contributed by atoms with Crippen LogP contribution in [0.2, 0.25) is 0 Å². The lowest BCUT2D eigenvalue weighted by Gasteiger charge is -2.14. The number of methoxy groups -OCH3 is 1. The standard InChI is InChI=1S/C19H23N3O4/c1-4-26-16-10-8-15(9-11-16)21-13(2)19(24)22-20-12-14-6-5-7-17(25-3)18(14)23/h5-13,21,23H,4H2,1-3H3,(H,22,24)/b20-12-/t13-/m0/s1. The fourth-order valence-corrected chi connectivity index (χ4v) is 2.20. The first-order valence-electron chi connectivity index (χ1n) is 8.23. The summed E-state index contributed by atoms with van der Waals surface area (Å²) in [6.07, 6.45) is 1.36. The molecule has 0 saturated carbocycles. The molecule has 0 radical (unpaired) electrons. The Hall–Kier alpha value is -3.22. The molecule has 1 amide bonds. The maximum Gasteiger partial charge on any atom is 0.262 e. The molecule has 0 aliphatic heterocycles. The van der Waals surface area contributed by atoms with Crippen LogP contribution in [0.1, 0.15) is 19.4 Å². The molecule has 0 aliphatic rings. The number of hydrogen-bond donors (Lipinski definition) is 3. The predicted octanol–water partition coefficient (Wildman–Crippen LogP) is 2.75. The second kappa shape index (κ2) is 9.31. The average molecular weight is 357 g/mol. The lowest BCUT2D eigenvalue weighted by atomic mass is 10.2. The summed E-state index contributed by atoms with van der Waals surface area (Å²) in [7, 11) is 1.46. The summed E-state index contributed by atoms with van der Waals surface area (Å²) in [6.45, 7) is 4.25. The van der Waals surface area contributed by atoms with Crippen molar-refractivity contribution in [3.8, 4) is 17.2 Å². The van der Waals surface area contributed by atoms with Crippen molar-refractivity contribution in [2.75, 3.05) is 19.0 Å². The molecule has 0 fully saturated rings. The van der Waals surface area contributed by atoms with Gasteiger partial charge in [0.15, 0.2) is 11.5 Å². The maximum atomic E-state index is 12.1. The molecule has 2 aromatic rings. The minimum Gasteiger partial charge on any atom is -0.504 e. The number of phenolic OH excluding ortho intramolecular Hbond substituents is 1. The molecule has 7 heteroatoms. The number of benzene rings is 2. The molecule has 7 nitrogen and oxygen atoms in total. The number of nitrogens with zero attached hydrogens (tertiary/aromatic N) is 1. The number of rotatable bonds is 8. The first kappa shape index (κ1) is 19.1. The fourth-order valence-electron chi connectivity index (χ4n) is 2.20. The molecule has 2 aromatic carbocycles. The molecular weight excluding hydrogens is 334 g/mol. The van der Waals surface area contributed by atoms with Gasteiger partial charge in [0.1, 0.15) is 11.8 Å². The lowest BCUT2D eigenvalue weighted by Crippen LogP contribution is -2.34. The van der Waals surface area contributed by atoms with Crippen molar-refractivity contribution in [1.82, 2.24) is 5.43 Å². The van der Waals surface area contributed by atoms with Crippen LogP contribution in [-0.4, -0.2) is 37.0 Å². The first-order chi connectivity index (χ1) is 12.5. The van der Waals surface area contributed by atoms with E-state index >= 15 is 0 Å².